The highest BCUT2D eigenvalue weighted by molar-refractivity contribution is 6.28. The smallest absolute Gasteiger partial charge is 0.414 e. The van der Waals surface area contributed by atoms with Crippen molar-refractivity contribution in [2.75, 3.05) is 19.6 Å². The highest BCUT2D eigenvalue weighted by Gasteiger charge is 2.66. The molecule has 8 heteroatoms. The third-order valence-corrected chi connectivity index (χ3v) is 5.57. The van der Waals surface area contributed by atoms with E-state index in [4.69, 9.17) is 30.5 Å². The van der Waals surface area contributed by atoms with Crippen molar-refractivity contribution < 1.29 is 28.5 Å². The lowest BCUT2D eigenvalue weighted by Gasteiger charge is -2.39. The number of methoxy groups -OCH3 is 1. The molecule has 1 N–H and O–H groups in total. The van der Waals surface area contributed by atoms with E-state index < -0.39 is 18.1 Å². The monoisotopic (exact) mass is 387 g/mol. The molecule has 0 aromatic carbocycles. The number of alkyl halides is 1. The molecule has 2 amide bonds. The number of ether oxygens (including phenoxy) is 4. The second-order valence-electron chi connectivity index (χ2n) is 7.40. The Balaban J connectivity index is 1.66. The Bertz CT molecular complexity index is 586. The number of imide groups is 1. The molecule has 3 rings (SSSR count). The Morgan fingerprint density at radius 3 is 2.69 bits per heavy atom. The van der Waals surface area contributed by atoms with Gasteiger partial charge in [0.2, 0.25) is 5.91 Å². The van der Waals surface area contributed by atoms with E-state index in [1.54, 1.807) is 7.11 Å². The van der Waals surface area contributed by atoms with Crippen molar-refractivity contribution in [2.45, 2.75) is 63.1 Å². The minimum Gasteiger partial charge on any atom is -0.443 e. The molecular weight excluding hydrogens is 362 g/mol. The first-order chi connectivity index (χ1) is 12.4. The summed E-state index contributed by atoms with van der Waals surface area (Å²) in [6.45, 7) is 4.80. The fourth-order valence-electron chi connectivity index (χ4n) is 3.92. The van der Waals surface area contributed by atoms with Gasteiger partial charge in [-0.2, -0.15) is 0 Å². The van der Waals surface area contributed by atoms with Crippen LogP contribution in [0.15, 0.2) is 11.6 Å². The van der Waals surface area contributed by atoms with Crippen molar-refractivity contribution in [3.63, 3.8) is 0 Å². The first-order valence-electron chi connectivity index (χ1n) is 8.92. The van der Waals surface area contributed by atoms with Gasteiger partial charge in [-0.1, -0.05) is 11.6 Å². The largest absolute Gasteiger partial charge is 0.443 e. The summed E-state index contributed by atoms with van der Waals surface area (Å²) in [6, 6.07) is 0. The number of rotatable bonds is 6. The normalized spacial score (nSPS) is 37.8. The summed E-state index contributed by atoms with van der Waals surface area (Å²) in [7, 11) is 1.60. The summed E-state index contributed by atoms with van der Waals surface area (Å²) in [4.78, 5) is 23.2. The highest BCUT2D eigenvalue weighted by Crippen LogP contribution is 2.54. The molecule has 3 aliphatic rings. The van der Waals surface area contributed by atoms with Crippen molar-refractivity contribution in [2.24, 2.45) is 5.92 Å². The molecule has 7 nitrogen and oxygen atoms in total. The molecule has 26 heavy (non-hydrogen) atoms. The standard InChI is InChI=1S/C18H26ClNO6/c1-10(2)4-5-11-16(25-11)14-15(23-3)12(6-7-18(14)9-24-18)26-17(22)20-13(21)8-19/h4,11-12,14-16H,5-9H2,1-3H3,(H,20,21,22)/t11-,12-,14-,15?,16-,18+/m1/s1. The SMILES string of the molecule is COC1[C@H]([C@@H]2O[C@@H]2CC=C(C)C)[C@]2(CC[C@H]1OC(=O)NC(=O)CCl)CO2. The molecular formula is C18H26ClNO6. The van der Waals surface area contributed by atoms with Gasteiger partial charge in [0.1, 0.15) is 18.1 Å². The highest BCUT2D eigenvalue weighted by atomic mass is 35.5. The number of amides is 2. The maximum absolute atomic E-state index is 11.9. The van der Waals surface area contributed by atoms with E-state index in [1.807, 2.05) is 0 Å². The van der Waals surface area contributed by atoms with Crippen LogP contribution in [0.2, 0.25) is 0 Å². The van der Waals surface area contributed by atoms with E-state index in [9.17, 15) is 9.59 Å². The van der Waals surface area contributed by atoms with Gasteiger partial charge in [0, 0.05) is 13.0 Å². The number of epoxide rings is 2. The van der Waals surface area contributed by atoms with Crippen LogP contribution in [0.1, 0.15) is 33.1 Å². The summed E-state index contributed by atoms with van der Waals surface area (Å²) in [6.07, 6.45) is 2.96. The summed E-state index contributed by atoms with van der Waals surface area (Å²) >= 11 is 5.40. The van der Waals surface area contributed by atoms with Gasteiger partial charge in [0.05, 0.1) is 24.4 Å². The molecule has 1 unspecified atom stereocenters. The zero-order valence-electron chi connectivity index (χ0n) is 15.3. The quantitative estimate of drug-likeness (QED) is 0.426. The lowest BCUT2D eigenvalue weighted by Crippen LogP contribution is -2.53. The molecule has 1 saturated carbocycles. The molecule has 0 bridgehead atoms. The van der Waals surface area contributed by atoms with Crippen LogP contribution < -0.4 is 5.32 Å². The molecule has 2 saturated heterocycles. The maximum atomic E-state index is 11.9. The third-order valence-electron chi connectivity index (χ3n) is 5.32. The number of hydrogen-bond acceptors (Lipinski definition) is 6. The Morgan fingerprint density at radius 1 is 1.38 bits per heavy atom. The molecule has 0 aromatic heterocycles. The molecule has 2 heterocycles. The Hall–Kier alpha value is -1.15. The van der Waals surface area contributed by atoms with E-state index in [1.165, 1.54) is 5.57 Å². The maximum Gasteiger partial charge on any atom is 0.414 e. The number of carbonyl (C=O) groups is 2. The van der Waals surface area contributed by atoms with E-state index in [-0.39, 0.29) is 35.7 Å². The van der Waals surface area contributed by atoms with Crippen LogP contribution in [-0.2, 0) is 23.7 Å². The van der Waals surface area contributed by atoms with Crippen molar-refractivity contribution in [3.05, 3.63) is 11.6 Å². The molecule has 0 radical (unpaired) electrons. The number of allylic oxidation sites excluding steroid dienone is 1. The zero-order valence-corrected chi connectivity index (χ0v) is 16.1. The van der Waals surface area contributed by atoms with Gasteiger partial charge in [-0.15, -0.1) is 11.6 Å². The fraction of sp³-hybridized carbons (Fsp3) is 0.778. The van der Waals surface area contributed by atoms with Gasteiger partial charge < -0.3 is 18.9 Å². The Kier molecular flexibility index (Phi) is 5.91. The number of nitrogens with one attached hydrogen (secondary N) is 1. The van der Waals surface area contributed by atoms with Gasteiger partial charge in [0.25, 0.3) is 0 Å². The first kappa shape index (κ1) is 19.6. The van der Waals surface area contributed by atoms with Crippen LogP contribution >= 0.6 is 11.6 Å². The second-order valence-corrected chi connectivity index (χ2v) is 7.67. The van der Waals surface area contributed by atoms with Gasteiger partial charge >= 0.3 is 6.09 Å². The average molecular weight is 388 g/mol. The van der Waals surface area contributed by atoms with Crippen LogP contribution in [0.4, 0.5) is 4.79 Å². The van der Waals surface area contributed by atoms with Crippen LogP contribution in [0.3, 0.4) is 0 Å². The topological polar surface area (TPSA) is 89.7 Å². The molecule has 0 aromatic rings. The van der Waals surface area contributed by atoms with E-state index >= 15 is 0 Å². The molecule has 146 valence electrons. The van der Waals surface area contributed by atoms with Gasteiger partial charge in [0.15, 0.2) is 0 Å². The summed E-state index contributed by atoms with van der Waals surface area (Å²) in [5, 5.41) is 2.10. The molecule has 3 fully saturated rings. The predicted molar refractivity (Wildman–Crippen MR) is 94.0 cm³/mol. The molecule has 1 aliphatic carbocycles. The Morgan fingerprint density at radius 2 is 2.12 bits per heavy atom. The second kappa shape index (κ2) is 7.84. The van der Waals surface area contributed by atoms with Crippen molar-refractivity contribution in [1.82, 2.24) is 5.32 Å². The number of carbonyl (C=O) groups excluding carboxylic acids is 2. The lowest BCUT2D eigenvalue weighted by atomic mass is 9.73. The summed E-state index contributed by atoms with van der Waals surface area (Å²) < 4.78 is 22.9. The Labute approximate surface area is 158 Å². The van der Waals surface area contributed by atoms with Gasteiger partial charge in [-0.3, -0.25) is 10.1 Å². The van der Waals surface area contributed by atoms with Crippen LogP contribution in [0, 0.1) is 5.92 Å². The summed E-state index contributed by atoms with van der Waals surface area (Å²) in [5.41, 5.74) is 1.01. The third kappa shape index (κ3) is 4.22. The van der Waals surface area contributed by atoms with E-state index in [2.05, 4.69) is 25.2 Å². The van der Waals surface area contributed by atoms with Crippen molar-refractivity contribution >= 4 is 23.6 Å². The zero-order chi connectivity index (χ0) is 18.9. The van der Waals surface area contributed by atoms with Gasteiger partial charge in [-0.25, -0.2) is 4.79 Å². The predicted octanol–water partition coefficient (Wildman–Crippen LogP) is 2.16. The first-order valence-corrected chi connectivity index (χ1v) is 9.45. The fourth-order valence-corrected chi connectivity index (χ4v) is 3.98. The van der Waals surface area contributed by atoms with E-state index in [0.717, 1.165) is 12.8 Å². The van der Waals surface area contributed by atoms with Crippen LogP contribution in [0.5, 0.6) is 0 Å². The molecule has 6 atom stereocenters. The van der Waals surface area contributed by atoms with Crippen LogP contribution in [-0.4, -0.2) is 61.6 Å². The van der Waals surface area contributed by atoms with Crippen molar-refractivity contribution in [1.29, 1.82) is 0 Å². The minimum absolute atomic E-state index is 0.00154. The van der Waals surface area contributed by atoms with Crippen molar-refractivity contribution in [3.8, 4) is 0 Å². The summed E-state index contributed by atoms with van der Waals surface area (Å²) in [5.74, 6) is -0.889. The minimum atomic E-state index is -0.799. The van der Waals surface area contributed by atoms with Gasteiger partial charge in [-0.05, 0) is 33.1 Å². The number of alkyl carbamates (subject to hydrolysis) is 1. The lowest BCUT2D eigenvalue weighted by molar-refractivity contribution is -0.120. The number of halogens is 1. The van der Waals surface area contributed by atoms with E-state index in [0.29, 0.717) is 13.0 Å². The average Bonchev–Trinajstić information content (AvgIpc) is 3.51. The number of hydrogen-bond donors (Lipinski definition) is 1. The molecule has 2 aliphatic heterocycles. The molecule has 1 spiro atoms. The van der Waals surface area contributed by atoms with Crippen LogP contribution in [0.25, 0.3) is 0 Å².